The molecular formula is C25H20IN3O4. The van der Waals surface area contributed by atoms with Crippen molar-refractivity contribution >= 4 is 45.9 Å². The molecule has 0 aromatic heterocycles. The number of hydrogen-bond donors (Lipinski definition) is 1. The minimum Gasteiger partial charge on any atom is -0.488 e. The Kier molecular flexibility index (Phi) is 7.79. The van der Waals surface area contributed by atoms with Crippen LogP contribution in [0, 0.1) is 38.9 Å². The number of ether oxygens (including phenoxy) is 1. The molecule has 3 rings (SSSR count). The molecule has 7 nitrogen and oxygen atoms in total. The lowest BCUT2D eigenvalue weighted by molar-refractivity contribution is -0.384. The Labute approximate surface area is 205 Å². The van der Waals surface area contributed by atoms with Gasteiger partial charge in [-0.25, -0.2) is 0 Å². The van der Waals surface area contributed by atoms with Gasteiger partial charge in [-0.2, -0.15) is 5.26 Å². The van der Waals surface area contributed by atoms with Gasteiger partial charge in [0.1, 0.15) is 24.0 Å². The van der Waals surface area contributed by atoms with Crippen LogP contribution in [0.2, 0.25) is 0 Å². The zero-order chi connectivity index (χ0) is 24.0. The number of benzene rings is 3. The zero-order valence-electron chi connectivity index (χ0n) is 18.0. The summed E-state index contributed by atoms with van der Waals surface area (Å²) in [5.41, 5.74) is 3.93. The predicted octanol–water partition coefficient (Wildman–Crippen LogP) is 5.94. The van der Waals surface area contributed by atoms with E-state index in [9.17, 15) is 20.2 Å². The first kappa shape index (κ1) is 23.9. The van der Waals surface area contributed by atoms with E-state index in [0.717, 1.165) is 14.7 Å². The molecular weight excluding hydrogens is 533 g/mol. The van der Waals surface area contributed by atoms with Crippen molar-refractivity contribution in [2.75, 3.05) is 5.32 Å². The molecule has 0 aliphatic rings. The minimum atomic E-state index is -0.479. The van der Waals surface area contributed by atoms with E-state index in [0.29, 0.717) is 22.6 Å². The second kappa shape index (κ2) is 10.7. The number of anilines is 1. The number of rotatable bonds is 7. The first-order valence-corrected chi connectivity index (χ1v) is 11.0. The number of carbonyl (C=O) groups excluding carboxylic acids is 1. The lowest BCUT2D eigenvalue weighted by Crippen LogP contribution is -2.14. The summed E-state index contributed by atoms with van der Waals surface area (Å²) >= 11 is 2.10. The number of aryl methyl sites for hydroxylation is 2. The fraction of sp³-hybridized carbons (Fsp3) is 0.120. The summed E-state index contributed by atoms with van der Waals surface area (Å²) in [4.78, 5) is 23.1. The van der Waals surface area contributed by atoms with Crippen LogP contribution in [-0.2, 0) is 11.4 Å². The molecule has 0 radical (unpaired) electrons. The molecule has 0 unspecified atom stereocenters. The second-order valence-electron chi connectivity index (χ2n) is 7.35. The van der Waals surface area contributed by atoms with Crippen LogP contribution in [0.15, 0.2) is 66.2 Å². The third kappa shape index (κ3) is 6.40. The van der Waals surface area contributed by atoms with Crippen LogP contribution in [0.3, 0.4) is 0 Å². The van der Waals surface area contributed by atoms with Crippen LogP contribution in [0.4, 0.5) is 11.4 Å². The van der Waals surface area contributed by atoms with E-state index in [2.05, 4.69) is 27.9 Å². The molecule has 1 N–H and O–H groups in total. The first-order valence-electron chi connectivity index (χ1n) is 9.93. The number of nitrogens with zero attached hydrogens (tertiary/aromatic N) is 2. The molecule has 0 heterocycles. The Morgan fingerprint density at radius 1 is 1.18 bits per heavy atom. The normalized spacial score (nSPS) is 10.9. The van der Waals surface area contributed by atoms with Crippen LogP contribution < -0.4 is 10.1 Å². The SMILES string of the molecule is Cc1ccc(C)c(NC(=O)/C(C#N)=C/c2ccc(OCc3cccc([N+](=O)[O-])c3)c(I)c2)c1. The van der Waals surface area contributed by atoms with Gasteiger partial charge in [-0.1, -0.05) is 30.3 Å². The number of nitrogens with one attached hydrogen (secondary N) is 1. The topological polar surface area (TPSA) is 105 Å². The molecule has 0 spiro atoms. The van der Waals surface area contributed by atoms with Crippen molar-refractivity contribution in [1.29, 1.82) is 5.26 Å². The van der Waals surface area contributed by atoms with Gasteiger partial charge < -0.3 is 10.1 Å². The molecule has 0 saturated carbocycles. The average molecular weight is 553 g/mol. The Balaban J connectivity index is 1.73. The third-order valence-corrected chi connectivity index (χ3v) is 5.63. The monoisotopic (exact) mass is 553 g/mol. The summed E-state index contributed by atoms with van der Waals surface area (Å²) in [5.74, 6) is 0.116. The lowest BCUT2D eigenvalue weighted by Gasteiger charge is -2.10. The smallest absolute Gasteiger partial charge is 0.269 e. The maximum absolute atomic E-state index is 12.6. The Bertz CT molecular complexity index is 1300. The van der Waals surface area contributed by atoms with Crippen molar-refractivity contribution in [3.8, 4) is 11.8 Å². The van der Waals surface area contributed by atoms with Gasteiger partial charge in [0.15, 0.2) is 0 Å². The number of carbonyl (C=O) groups is 1. The number of nitro groups is 1. The summed E-state index contributed by atoms with van der Waals surface area (Å²) in [7, 11) is 0. The van der Waals surface area contributed by atoms with E-state index < -0.39 is 10.8 Å². The lowest BCUT2D eigenvalue weighted by atomic mass is 10.1. The van der Waals surface area contributed by atoms with E-state index >= 15 is 0 Å². The summed E-state index contributed by atoms with van der Waals surface area (Å²) < 4.78 is 6.58. The quantitative estimate of drug-likeness (QED) is 0.128. The molecule has 3 aromatic carbocycles. The van der Waals surface area contributed by atoms with E-state index in [4.69, 9.17) is 4.74 Å². The summed E-state index contributed by atoms with van der Waals surface area (Å²) in [6.45, 7) is 3.99. The average Bonchev–Trinajstić information content (AvgIpc) is 2.79. The summed E-state index contributed by atoms with van der Waals surface area (Å²) in [6.07, 6.45) is 1.52. The van der Waals surface area contributed by atoms with Crippen LogP contribution in [0.5, 0.6) is 5.75 Å². The molecule has 1 amide bonds. The molecule has 0 bridgehead atoms. The number of halogens is 1. The second-order valence-corrected chi connectivity index (χ2v) is 8.51. The Hall–Kier alpha value is -3.71. The van der Waals surface area contributed by atoms with Gasteiger partial charge >= 0.3 is 0 Å². The summed E-state index contributed by atoms with van der Waals surface area (Å²) in [5, 5.41) is 23.2. The molecule has 8 heteroatoms. The van der Waals surface area contributed by atoms with Gasteiger partial charge in [0, 0.05) is 17.8 Å². The maximum atomic E-state index is 12.6. The van der Waals surface area contributed by atoms with Crippen molar-refractivity contribution in [3.63, 3.8) is 0 Å². The van der Waals surface area contributed by atoms with Crippen molar-refractivity contribution < 1.29 is 14.5 Å². The molecule has 0 fully saturated rings. The van der Waals surface area contributed by atoms with Gasteiger partial charge in [-0.15, -0.1) is 0 Å². The van der Waals surface area contributed by atoms with E-state index in [1.54, 1.807) is 30.3 Å². The zero-order valence-corrected chi connectivity index (χ0v) is 20.1. The van der Waals surface area contributed by atoms with Gasteiger partial charge in [0.05, 0.1) is 8.49 Å². The predicted molar refractivity (Wildman–Crippen MR) is 135 cm³/mol. The highest BCUT2D eigenvalue weighted by Crippen LogP contribution is 2.25. The van der Waals surface area contributed by atoms with Crippen LogP contribution in [-0.4, -0.2) is 10.8 Å². The van der Waals surface area contributed by atoms with Crippen molar-refractivity contribution in [3.05, 3.63) is 102 Å². The van der Waals surface area contributed by atoms with E-state index in [-0.39, 0.29) is 17.9 Å². The summed E-state index contributed by atoms with van der Waals surface area (Å²) in [6, 6.07) is 19.2. The molecule has 0 saturated heterocycles. The molecule has 0 aliphatic heterocycles. The van der Waals surface area contributed by atoms with E-state index in [1.807, 2.05) is 38.1 Å². The molecule has 3 aromatic rings. The fourth-order valence-corrected chi connectivity index (χ4v) is 3.72. The molecule has 166 valence electrons. The highest BCUT2D eigenvalue weighted by atomic mass is 127. The molecule has 0 aliphatic carbocycles. The van der Waals surface area contributed by atoms with Crippen LogP contribution in [0.1, 0.15) is 22.3 Å². The van der Waals surface area contributed by atoms with E-state index in [1.165, 1.54) is 18.2 Å². The molecule has 33 heavy (non-hydrogen) atoms. The number of non-ortho nitro benzene ring substituents is 1. The Morgan fingerprint density at radius 2 is 1.97 bits per heavy atom. The number of nitro benzene ring substituents is 1. The van der Waals surface area contributed by atoms with Crippen LogP contribution in [0.25, 0.3) is 6.08 Å². The minimum absolute atomic E-state index is 0.00875. The largest absolute Gasteiger partial charge is 0.488 e. The van der Waals surface area contributed by atoms with Gasteiger partial charge in [0.2, 0.25) is 0 Å². The number of nitriles is 1. The fourth-order valence-electron chi connectivity index (χ4n) is 3.02. The van der Waals surface area contributed by atoms with Gasteiger partial charge in [-0.05, 0) is 83.0 Å². The highest BCUT2D eigenvalue weighted by Gasteiger charge is 2.12. The van der Waals surface area contributed by atoms with Crippen molar-refractivity contribution in [1.82, 2.24) is 0 Å². The van der Waals surface area contributed by atoms with Crippen molar-refractivity contribution in [2.24, 2.45) is 0 Å². The number of amides is 1. The van der Waals surface area contributed by atoms with Gasteiger partial charge in [0.25, 0.3) is 11.6 Å². The third-order valence-electron chi connectivity index (χ3n) is 4.79. The Morgan fingerprint density at radius 3 is 2.67 bits per heavy atom. The van der Waals surface area contributed by atoms with Crippen molar-refractivity contribution in [2.45, 2.75) is 20.5 Å². The standard InChI is InChI=1S/C25H20IN3O4/c1-16-6-7-17(2)23(10-16)28-25(30)20(14-27)11-18-8-9-24(22(26)13-18)33-15-19-4-3-5-21(12-19)29(31)32/h3-13H,15H2,1-2H3,(H,28,30)/b20-11+. The number of hydrogen-bond acceptors (Lipinski definition) is 5. The maximum Gasteiger partial charge on any atom is 0.269 e. The van der Waals surface area contributed by atoms with Gasteiger partial charge in [-0.3, -0.25) is 14.9 Å². The first-order chi connectivity index (χ1) is 15.8. The molecule has 0 atom stereocenters. The highest BCUT2D eigenvalue weighted by molar-refractivity contribution is 14.1. The van der Waals surface area contributed by atoms with Crippen LogP contribution >= 0.6 is 22.6 Å².